The summed E-state index contributed by atoms with van der Waals surface area (Å²) in [6, 6.07) is 0. The monoisotopic (exact) mass is 279 g/mol. The van der Waals surface area contributed by atoms with Crippen LogP contribution >= 0.6 is 0 Å². The maximum absolute atomic E-state index is 12.5. The zero-order valence-electron chi connectivity index (χ0n) is 13.3. The number of imide groups is 1. The Morgan fingerprint density at radius 2 is 1.90 bits per heavy atom. The maximum atomic E-state index is 12.5. The summed E-state index contributed by atoms with van der Waals surface area (Å²) in [4.78, 5) is 26.5. The van der Waals surface area contributed by atoms with Crippen LogP contribution in [0, 0.1) is 17.8 Å². The van der Waals surface area contributed by atoms with Crippen molar-refractivity contribution in [2.75, 3.05) is 34.2 Å². The van der Waals surface area contributed by atoms with E-state index in [1.165, 1.54) is 10.5 Å². The third-order valence-electron chi connectivity index (χ3n) is 4.43. The van der Waals surface area contributed by atoms with Gasteiger partial charge in [0.05, 0.1) is 39.5 Å². The van der Waals surface area contributed by atoms with Crippen LogP contribution < -0.4 is 0 Å². The van der Waals surface area contributed by atoms with Crippen LogP contribution in [0.25, 0.3) is 0 Å². The minimum Gasteiger partial charge on any atom is -0.331 e. The second-order valence-corrected chi connectivity index (χ2v) is 7.40. The summed E-state index contributed by atoms with van der Waals surface area (Å²) in [7, 11) is 6.38. The van der Waals surface area contributed by atoms with Crippen LogP contribution in [0.5, 0.6) is 0 Å². The molecule has 2 amide bonds. The molecule has 0 saturated carbocycles. The number of hydrogen-bond donors (Lipinski definition) is 0. The topological polar surface area (TPSA) is 37.4 Å². The van der Waals surface area contributed by atoms with Crippen LogP contribution in [0.3, 0.4) is 0 Å². The van der Waals surface area contributed by atoms with E-state index in [1.807, 2.05) is 0 Å². The number of quaternary nitrogens is 1. The van der Waals surface area contributed by atoms with Crippen molar-refractivity contribution in [1.82, 2.24) is 4.90 Å². The highest BCUT2D eigenvalue weighted by Gasteiger charge is 2.50. The molecule has 0 aromatic heterocycles. The molecular weight excluding hydrogens is 252 g/mol. The smallest absolute Gasteiger partial charge is 0.233 e. The molecular formula is C16H27N2O2+. The van der Waals surface area contributed by atoms with Crippen LogP contribution in [0.4, 0.5) is 0 Å². The molecule has 1 aliphatic heterocycles. The molecule has 0 spiro atoms. The third-order valence-corrected chi connectivity index (χ3v) is 4.43. The fraction of sp³-hybridized carbons (Fsp3) is 0.750. The molecule has 1 heterocycles. The Labute approximate surface area is 122 Å². The quantitative estimate of drug-likeness (QED) is 0.446. The lowest BCUT2D eigenvalue weighted by Crippen LogP contribution is -2.39. The largest absolute Gasteiger partial charge is 0.331 e. The molecule has 4 nitrogen and oxygen atoms in total. The van der Waals surface area contributed by atoms with Gasteiger partial charge in [0.15, 0.2) is 0 Å². The predicted molar refractivity (Wildman–Crippen MR) is 78.8 cm³/mol. The first-order valence-corrected chi connectivity index (χ1v) is 7.53. The van der Waals surface area contributed by atoms with Gasteiger partial charge in [-0.2, -0.15) is 0 Å². The highest BCUT2D eigenvalue weighted by atomic mass is 16.2. The molecule has 0 aromatic carbocycles. The number of hydrogen-bond acceptors (Lipinski definition) is 2. The molecule has 1 aliphatic carbocycles. The van der Waals surface area contributed by atoms with Crippen LogP contribution in [0.1, 0.15) is 26.7 Å². The molecule has 2 aliphatic rings. The fourth-order valence-corrected chi connectivity index (χ4v) is 3.51. The van der Waals surface area contributed by atoms with Crippen molar-refractivity contribution in [3.05, 3.63) is 11.6 Å². The number of carbonyl (C=O) groups is 2. The van der Waals surface area contributed by atoms with E-state index < -0.39 is 0 Å². The highest BCUT2D eigenvalue weighted by Crippen LogP contribution is 2.40. The van der Waals surface area contributed by atoms with E-state index in [9.17, 15) is 9.59 Å². The highest BCUT2D eigenvalue weighted by molar-refractivity contribution is 6.05. The zero-order valence-corrected chi connectivity index (χ0v) is 13.3. The van der Waals surface area contributed by atoms with Crippen LogP contribution in [0.2, 0.25) is 0 Å². The van der Waals surface area contributed by atoms with Gasteiger partial charge in [-0.1, -0.05) is 18.6 Å². The second kappa shape index (κ2) is 5.32. The summed E-state index contributed by atoms with van der Waals surface area (Å²) in [5, 5.41) is 0. The van der Waals surface area contributed by atoms with E-state index in [4.69, 9.17) is 0 Å². The van der Waals surface area contributed by atoms with Gasteiger partial charge >= 0.3 is 0 Å². The molecule has 0 bridgehead atoms. The average Bonchev–Trinajstić information content (AvgIpc) is 2.52. The third kappa shape index (κ3) is 2.95. The Morgan fingerprint density at radius 3 is 2.50 bits per heavy atom. The first kappa shape index (κ1) is 15.2. The van der Waals surface area contributed by atoms with Gasteiger partial charge in [-0.25, -0.2) is 0 Å². The molecule has 0 radical (unpaired) electrons. The fourth-order valence-electron chi connectivity index (χ4n) is 3.51. The number of likely N-dealkylation sites (tertiary alicyclic amines) is 1. The van der Waals surface area contributed by atoms with Gasteiger partial charge in [-0.3, -0.25) is 14.5 Å². The van der Waals surface area contributed by atoms with Gasteiger partial charge in [0.1, 0.15) is 0 Å². The normalized spacial score (nSPS) is 30.6. The zero-order chi connectivity index (χ0) is 15.1. The SMILES string of the molecule is CC1=C[C@H](C)[C@@H]2C(=O)N(CCC[N+](C)(C)C)C(=O)[C@@H]2C1. The Hall–Kier alpha value is -1.16. The molecule has 0 aromatic rings. The minimum atomic E-state index is -0.115. The lowest BCUT2D eigenvalue weighted by molar-refractivity contribution is -0.870. The number of nitrogens with zero attached hydrogens (tertiary/aromatic N) is 2. The van der Waals surface area contributed by atoms with Crippen LogP contribution in [0.15, 0.2) is 11.6 Å². The maximum Gasteiger partial charge on any atom is 0.233 e. The summed E-state index contributed by atoms with van der Waals surface area (Å²) < 4.78 is 0.861. The summed E-state index contributed by atoms with van der Waals surface area (Å²) in [5.74, 6) is 0.0777. The first-order chi connectivity index (χ1) is 9.20. The Bertz CT molecular complexity index is 448. The molecule has 4 heteroatoms. The van der Waals surface area contributed by atoms with Crippen LogP contribution in [-0.2, 0) is 9.59 Å². The predicted octanol–water partition coefficient (Wildman–Crippen LogP) is 1.67. The second-order valence-electron chi connectivity index (χ2n) is 7.40. The van der Waals surface area contributed by atoms with E-state index in [1.54, 1.807) is 0 Å². The molecule has 0 N–H and O–H groups in total. The number of amides is 2. The Kier molecular flexibility index (Phi) is 4.05. The molecule has 2 rings (SSSR count). The standard InChI is InChI=1S/C16H27N2O2/c1-11-9-12(2)14-13(10-11)15(19)17(16(14)20)7-6-8-18(3,4)5/h9,12-14H,6-8,10H2,1-5H3/q+1/t12-,13+,14-/m0/s1. The summed E-state index contributed by atoms with van der Waals surface area (Å²) in [6.07, 6.45) is 3.79. The Balaban J connectivity index is 2.04. The van der Waals surface area contributed by atoms with Crippen molar-refractivity contribution in [2.24, 2.45) is 17.8 Å². The molecule has 0 unspecified atom stereocenters. The van der Waals surface area contributed by atoms with E-state index in [2.05, 4.69) is 41.1 Å². The van der Waals surface area contributed by atoms with Gasteiger partial charge in [-0.15, -0.1) is 0 Å². The van der Waals surface area contributed by atoms with Crippen molar-refractivity contribution in [3.8, 4) is 0 Å². The number of carbonyl (C=O) groups excluding carboxylic acids is 2. The minimum absolute atomic E-state index is 0.0534. The van der Waals surface area contributed by atoms with Gasteiger partial charge in [-0.05, 0) is 19.3 Å². The van der Waals surface area contributed by atoms with E-state index in [0.29, 0.717) is 6.54 Å². The molecule has 20 heavy (non-hydrogen) atoms. The summed E-state index contributed by atoms with van der Waals surface area (Å²) in [6.45, 7) is 5.66. The van der Waals surface area contributed by atoms with Crippen molar-refractivity contribution in [1.29, 1.82) is 0 Å². The molecule has 1 fully saturated rings. The first-order valence-electron chi connectivity index (χ1n) is 7.53. The van der Waals surface area contributed by atoms with Crippen molar-refractivity contribution < 1.29 is 14.1 Å². The lowest BCUT2D eigenvalue weighted by Gasteiger charge is -2.25. The van der Waals surface area contributed by atoms with Crippen molar-refractivity contribution in [2.45, 2.75) is 26.7 Å². The molecule has 1 saturated heterocycles. The van der Waals surface area contributed by atoms with Gasteiger partial charge in [0.25, 0.3) is 0 Å². The number of allylic oxidation sites excluding steroid dienone is 2. The number of fused-ring (bicyclic) bond motifs is 1. The lowest BCUT2D eigenvalue weighted by atomic mass is 9.76. The van der Waals surface area contributed by atoms with Crippen LogP contribution in [-0.4, -0.2) is 55.4 Å². The average molecular weight is 279 g/mol. The summed E-state index contributed by atoms with van der Waals surface area (Å²) >= 11 is 0. The van der Waals surface area contributed by atoms with Gasteiger partial charge < -0.3 is 4.48 Å². The molecule has 112 valence electrons. The number of rotatable bonds is 4. The molecule has 3 atom stereocenters. The van der Waals surface area contributed by atoms with E-state index >= 15 is 0 Å². The van der Waals surface area contributed by atoms with E-state index in [-0.39, 0.29) is 29.6 Å². The van der Waals surface area contributed by atoms with Gasteiger partial charge in [0.2, 0.25) is 11.8 Å². The Morgan fingerprint density at radius 1 is 1.25 bits per heavy atom. The summed E-state index contributed by atoms with van der Waals surface area (Å²) in [5.41, 5.74) is 1.24. The van der Waals surface area contributed by atoms with Crippen molar-refractivity contribution in [3.63, 3.8) is 0 Å². The van der Waals surface area contributed by atoms with Crippen molar-refractivity contribution >= 4 is 11.8 Å². The van der Waals surface area contributed by atoms with E-state index in [0.717, 1.165) is 23.9 Å². The van der Waals surface area contributed by atoms with Gasteiger partial charge in [0, 0.05) is 13.0 Å².